The quantitative estimate of drug-likeness (QED) is 0.804. The Morgan fingerprint density at radius 2 is 2.12 bits per heavy atom. The third-order valence-electron chi connectivity index (χ3n) is 3.02. The molecule has 2 rings (SSSR count). The van der Waals surface area contributed by atoms with E-state index in [2.05, 4.69) is 11.9 Å². The zero-order valence-corrected chi connectivity index (χ0v) is 10.4. The maximum absolute atomic E-state index is 5.82. The highest BCUT2D eigenvalue weighted by Crippen LogP contribution is 2.19. The molecule has 88 valence electrons. The van der Waals surface area contributed by atoms with Gasteiger partial charge in [0.1, 0.15) is 5.75 Å². The van der Waals surface area contributed by atoms with Crippen LogP contribution in [-0.2, 0) is 0 Å². The van der Waals surface area contributed by atoms with E-state index in [0.717, 1.165) is 23.9 Å². The maximum atomic E-state index is 5.82. The fraction of sp³-hybridized carbons (Fsp3) is 0.538. The van der Waals surface area contributed by atoms with E-state index in [4.69, 9.17) is 16.3 Å². The van der Waals surface area contributed by atoms with Crippen molar-refractivity contribution in [3.63, 3.8) is 0 Å². The summed E-state index contributed by atoms with van der Waals surface area (Å²) < 4.78 is 5.76. The summed E-state index contributed by atoms with van der Waals surface area (Å²) in [6.07, 6.45) is 2.56. The lowest BCUT2D eigenvalue weighted by Gasteiger charge is -2.29. The molecule has 0 N–H and O–H groups in total. The molecule has 3 heteroatoms. The Morgan fingerprint density at radius 3 is 2.81 bits per heavy atom. The van der Waals surface area contributed by atoms with Gasteiger partial charge in [0, 0.05) is 17.5 Å². The molecule has 2 nitrogen and oxygen atoms in total. The monoisotopic (exact) mass is 239 g/mol. The number of ether oxygens (including phenoxy) is 1. The van der Waals surface area contributed by atoms with Crippen LogP contribution in [-0.4, -0.2) is 31.6 Å². The topological polar surface area (TPSA) is 12.5 Å². The Morgan fingerprint density at radius 1 is 1.38 bits per heavy atom. The molecule has 1 aromatic rings. The summed E-state index contributed by atoms with van der Waals surface area (Å²) in [6, 6.07) is 7.58. The van der Waals surface area contributed by atoms with Crippen molar-refractivity contribution in [1.82, 2.24) is 4.90 Å². The molecule has 0 aromatic heterocycles. The van der Waals surface area contributed by atoms with Crippen molar-refractivity contribution in [1.29, 1.82) is 0 Å². The number of halogens is 1. The Kier molecular flexibility index (Phi) is 4.08. The van der Waals surface area contributed by atoms with E-state index in [1.54, 1.807) is 0 Å². The molecule has 0 aliphatic carbocycles. The minimum Gasteiger partial charge on any atom is -0.493 e. The fourth-order valence-electron chi connectivity index (χ4n) is 2.15. The highest BCUT2D eigenvalue weighted by molar-refractivity contribution is 6.30. The molecule has 0 amide bonds. The molecule has 1 saturated heterocycles. The molecule has 0 saturated carbocycles. The largest absolute Gasteiger partial charge is 0.493 e. The molecule has 16 heavy (non-hydrogen) atoms. The van der Waals surface area contributed by atoms with Crippen LogP contribution >= 0.6 is 11.6 Å². The van der Waals surface area contributed by atoms with Gasteiger partial charge < -0.3 is 9.64 Å². The smallest absolute Gasteiger partial charge is 0.119 e. The van der Waals surface area contributed by atoms with Crippen molar-refractivity contribution in [3.8, 4) is 5.75 Å². The van der Waals surface area contributed by atoms with E-state index >= 15 is 0 Å². The number of hydrogen-bond donors (Lipinski definition) is 0. The van der Waals surface area contributed by atoms with Gasteiger partial charge in [0.15, 0.2) is 0 Å². The molecule has 0 radical (unpaired) electrons. The molecular weight excluding hydrogens is 222 g/mol. The minimum atomic E-state index is 0.662. The minimum absolute atomic E-state index is 0.662. The average Bonchev–Trinajstić information content (AvgIpc) is 2.28. The Hall–Kier alpha value is -0.730. The molecule has 0 spiro atoms. The van der Waals surface area contributed by atoms with E-state index in [0.29, 0.717) is 5.92 Å². The molecular formula is C13H18ClNO. The van der Waals surface area contributed by atoms with Gasteiger partial charge in [-0.15, -0.1) is 0 Å². The maximum Gasteiger partial charge on any atom is 0.119 e. The lowest BCUT2D eigenvalue weighted by atomic mass is 10.00. The number of benzene rings is 1. The van der Waals surface area contributed by atoms with Gasteiger partial charge >= 0.3 is 0 Å². The van der Waals surface area contributed by atoms with Crippen molar-refractivity contribution in [3.05, 3.63) is 29.3 Å². The first-order chi connectivity index (χ1) is 7.74. The number of nitrogens with zero attached hydrogens (tertiary/aromatic N) is 1. The third kappa shape index (κ3) is 3.39. The van der Waals surface area contributed by atoms with Gasteiger partial charge in [-0.1, -0.05) is 11.6 Å². The second kappa shape index (κ2) is 5.55. The van der Waals surface area contributed by atoms with Gasteiger partial charge in [0.05, 0.1) is 6.61 Å². The normalized spacial score (nSPS) is 22.0. The van der Waals surface area contributed by atoms with Crippen molar-refractivity contribution < 1.29 is 4.74 Å². The van der Waals surface area contributed by atoms with Crippen LogP contribution in [0.5, 0.6) is 5.75 Å². The van der Waals surface area contributed by atoms with Gasteiger partial charge in [-0.3, -0.25) is 0 Å². The average molecular weight is 240 g/mol. The molecule has 1 fully saturated rings. The Labute approximate surface area is 102 Å². The summed E-state index contributed by atoms with van der Waals surface area (Å²) >= 11 is 5.82. The van der Waals surface area contributed by atoms with Crippen LogP contribution in [0.15, 0.2) is 24.3 Å². The standard InChI is InChI=1S/C13H18ClNO/c1-15-8-2-3-11(9-15)10-16-13-6-4-12(14)5-7-13/h4-7,11H,2-3,8-10H2,1H3. The van der Waals surface area contributed by atoms with Crippen molar-refractivity contribution >= 4 is 11.6 Å². The van der Waals surface area contributed by atoms with Crippen LogP contribution in [0, 0.1) is 5.92 Å². The third-order valence-corrected chi connectivity index (χ3v) is 3.27. The second-order valence-corrected chi connectivity index (χ2v) is 4.97. The predicted octanol–water partition coefficient (Wildman–Crippen LogP) is 3.06. The lowest BCUT2D eigenvalue weighted by molar-refractivity contribution is 0.150. The van der Waals surface area contributed by atoms with Gasteiger partial charge in [-0.2, -0.15) is 0 Å². The van der Waals surface area contributed by atoms with Crippen LogP contribution in [0.1, 0.15) is 12.8 Å². The Balaban J connectivity index is 1.80. The summed E-state index contributed by atoms with van der Waals surface area (Å²) in [7, 11) is 2.18. The Bertz CT molecular complexity index is 325. The van der Waals surface area contributed by atoms with Crippen molar-refractivity contribution in [2.45, 2.75) is 12.8 Å². The summed E-state index contributed by atoms with van der Waals surface area (Å²) in [5, 5.41) is 0.754. The molecule has 1 aliphatic rings. The zero-order chi connectivity index (χ0) is 11.4. The lowest BCUT2D eigenvalue weighted by Crippen LogP contribution is -2.34. The first-order valence-corrected chi connectivity index (χ1v) is 6.19. The summed E-state index contributed by atoms with van der Waals surface area (Å²) in [6.45, 7) is 3.18. The first kappa shape index (κ1) is 11.7. The number of hydrogen-bond acceptors (Lipinski definition) is 2. The van der Waals surface area contributed by atoms with Crippen LogP contribution in [0.25, 0.3) is 0 Å². The summed E-state index contributed by atoms with van der Waals surface area (Å²) in [5.41, 5.74) is 0. The predicted molar refractivity (Wildman–Crippen MR) is 67.2 cm³/mol. The van der Waals surface area contributed by atoms with Gasteiger partial charge in [0.2, 0.25) is 0 Å². The van der Waals surface area contributed by atoms with Gasteiger partial charge in [-0.05, 0) is 50.7 Å². The van der Waals surface area contributed by atoms with E-state index in [-0.39, 0.29) is 0 Å². The molecule has 1 aromatic carbocycles. The highest BCUT2D eigenvalue weighted by atomic mass is 35.5. The number of piperidine rings is 1. The first-order valence-electron chi connectivity index (χ1n) is 5.81. The molecule has 1 unspecified atom stereocenters. The number of likely N-dealkylation sites (tertiary alicyclic amines) is 1. The highest BCUT2D eigenvalue weighted by Gasteiger charge is 2.17. The van der Waals surface area contributed by atoms with Gasteiger partial charge in [0.25, 0.3) is 0 Å². The van der Waals surface area contributed by atoms with Crippen molar-refractivity contribution in [2.75, 3.05) is 26.7 Å². The summed E-state index contributed by atoms with van der Waals surface area (Å²) in [4.78, 5) is 2.37. The molecule has 1 atom stereocenters. The summed E-state index contributed by atoms with van der Waals surface area (Å²) in [5.74, 6) is 1.58. The van der Waals surface area contributed by atoms with E-state index < -0.39 is 0 Å². The van der Waals surface area contributed by atoms with E-state index in [9.17, 15) is 0 Å². The van der Waals surface area contributed by atoms with Crippen LogP contribution in [0.2, 0.25) is 5.02 Å². The SMILES string of the molecule is CN1CCCC(COc2ccc(Cl)cc2)C1. The molecule has 0 bridgehead atoms. The zero-order valence-electron chi connectivity index (χ0n) is 9.66. The van der Waals surface area contributed by atoms with Crippen molar-refractivity contribution in [2.24, 2.45) is 5.92 Å². The van der Waals surface area contributed by atoms with Gasteiger partial charge in [-0.25, -0.2) is 0 Å². The van der Waals surface area contributed by atoms with E-state index in [1.807, 2.05) is 24.3 Å². The van der Waals surface area contributed by atoms with Crippen LogP contribution < -0.4 is 4.74 Å². The van der Waals surface area contributed by atoms with Crippen LogP contribution in [0.4, 0.5) is 0 Å². The van der Waals surface area contributed by atoms with Crippen LogP contribution in [0.3, 0.4) is 0 Å². The van der Waals surface area contributed by atoms with E-state index in [1.165, 1.54) is 19.4 Å². The number of rotatable bonds is 3. The fourth-order valence-corrected chi connectivity index (χ4v) is 2.28. The molecule has 1 aliphatic heterocycles. The molecule has 1 heterocycles. The second-order valence-electron chi connectivity index (χ2n) is 4.54.